The number of carbonyl (C=O) groups excluding carboxylic acids is 2. The van der Waals surface area contributed by atoms with Crippen LogP contribution in [0.5, 0.6) is 0 Å². The number of piperidine rings is 1. The molecule has 0 bridgehead atoms. The minimum atomic E-state index is -0.501. The van der Waals surface area contributed by atoms with Gasteiger partial charge in [0.2, 0.25) is 11.8 Å². The monoisotopic (exact) mass is 246 g/mol. The summed E-state index contributed by atoms with van der Waals surface area (Å²) in [5.41, 5.74) is 6.89. The van der Waals surface area contributed by atoms with E-state index in [1.165, 1.54) is 10.5 Å². The molecule has 2 amide bonds. The summed E-state index contributed by atoms with van der Waals surface area (Å²) in [6.07, 6.45) is 2.52. The number of benzene rings is 1. The second-order valence-corrected chi connectivity index (χ2v) is 4.62. The van der Waals surface area contributed by atoms with Gasteiger partial charge in [0.05, 0.1) is 6.04 Å². The molecule has 1 aromatic carbocycles. The first-order valence-corrected chi connectivity index (χ1v) is 6.32. The van der Waals surface area contributed by atoms with Gasteiger partial charge in [0, 0.05) is 13.0 Å². The second-order valence-electron chi connectivity index (χ2n) is 4.62. The van der Waals surface area contributed by atoms with Gasteiger partial charge in [-0.1, -0.05) is 30.3 Å². The van der Waals surface area contributed by atoms with Crippen molar-refractivity contribution in [1.82, 2.24) is 4.90 Å². The number of hydrogen-bond acceptors (Lipinski definition) is 3. The highest BCUT2D eigenvalue weighted by molar-refractivity contribution is 6.00. The molecular formula is C14H18N2O2. The third kappa shape index (κ3) is 2.96. The molecule has 0 spiro atoms. The summed E-state index contributed by atoms with van der Waals surface area (Å²) in [6.45, 7) is 0.472. The molecule has 1 fully saturated rings. The Labute approximate surface area is 107 Å². The van der Waals surface area contributed by atoms with Crippen LogP contribution in [0.2, 0.25) is 0 Å². The van der Waals surface area contributed by atoms with Crippen LogP contribution in [-0.4, -0.2) is 29.3 Å². The Morgan fingerprint density at radius 3 is 2.67 bits per heavy atom. The molecule has 0 saturated carbocycles. The molecule has 1 aromatic rings. The summed E-state index contributed by atoms with van der Waals surface area (Å²) in [5.74, 6) is -0.311. The first-order chi connectivity index (χ1) is 8.68. The van der Waals surface area contributed by atoms with Crippen LogP contribution in [0.3, 0.4) is 0 Å². The van der Waals surface area contributed by atoms with E-state index in [2.05, 4.69) is 0 Å². The average molecular weight is 246 g/mol. The molecule has 96 valence electrons. The molecule has 1 saturated heterocycles. The van der Waals surface area contributed by atoms with Gasteiger partial charge < -0.3 is 5.73 Å². The van der Waals surface area contributed by atoms with Crippen LogP contribution >= 0.6 is 0 Å². The zero-order chi connectivity index (χ0) is 13.0. The summed E-state index contributed by atoms with van der Waals surface area (Å²) < 4.78 is 0. The molecule has 2 rings (SSSR count). The summed E-state index contributed by atoms with van der Waals surface area (Å²) in [4.78, 5) is 24.7. The fraction of sp³-hybridized carbons (Fsp3) is 0.429. The lowest BCUT2D eigenvalue weighted by atomic mass is 10.0. The smallest absolute Gasteiger partial charge is 0.246 e. The highest BCUT2D eigenvalue weighted by atomic mass is 16.2. The van der Waals surface area contributed by atoms with Crippen LogP contribution in [-0.2, 0) is 16.0 Å². The number of imide groups is 1. The van der Waals surface area contributed by atoms with Gasteiger partial charge in [-0.2, -0.15) is 0 Å². The molecule has 4 heteroatoms. The number of nitrogens with two attached hydrogens (primary N) is 1. The molecule has 0 aromatic heterocycles. The van der Waals surface area contributed by atoms with Crippen molar-refractivity contribution in [3.8, 4) is 0 Å². The Bertz CT molecular complexity index is 431. The molecule has 18 heavy (non-hydrogen) atoms. The first kappa shape index (κ1) is 12.8. The Balaban J connectivity index is 1.85. The van der Waals surface area contributed by atoms with Gasteiger partial charge in [0.1, 0.15) is 0 Å². The molecule has 2 N–H and O–H groups in total. The zero-order valence-corrected chi connectivity index (χ0v) is 10.3. The van der Waals surface area contributed by atoms with E-state index in [0.29, 0.717) is 19.4 Å². The van der Waals surface area contributed by atoms with Crippen LogP contribution in [0, 0.1) is 0 Å². The van der Waals surface area contributed by atoms with E-state index < -0.39 is 6.04 Å². The van der Waals surface area contributed by atoms with Crippen molar-refractivity contribution in [3.05, 3.63) is 35.9 Å². The summed E-state index contributed by atoms with van der Waals surface area (Å²) in [6, 6.07) is 9.54. The van der Waals surface area contributed by atoms with Crippen molar-refractivity contribution in [1.29, 1.82) is 0 Å². The molecule has 1 aliphatic heterocycles. The topological polar surface area (TPSA) is 63.4 Å². The van der Waals surface area contributed by atoms with Gasteiger partial charge in [-0.25, -0.2) is 0 Å². The third-order valence-corrected chi connectivity index (χ3v) is 3.24. The summed E-state index contributed by atoms with van der Waals surface area (Å²) in [5, 5.41) is 0. The van der Waals surface area contributed by atoms with Crippen molar-refractivity contribution >= 4 is 11.8 Å². The average Bonchev–Trinajstić information content (AvgIpc) is 2.39. The molecule has 1 atom stereocenters. The van der Waals surface area contributed by atoms with Gasteiger partial charge >= 0.3 is 0 Å². The molecule has 1 aliphatic rings. The number of amides is 2. The molecule has 0 aliphatic carbocycles. The van der Waals surface area contributed by atoms with Crippen molar-refractivity contribution in [2.45, 2.75) is 31.7 Å². The minimum absolute atomic E-state index is 0.0882. The maximum absolute atomic E-state index is 11.8. The van der Waals surface area contributed by atoms with E-state index in [-0.39, 0.29) is 11.8 Å². The number of likely N-dealkylation sites (tertiary alicyclic amines) is 1. The fourth-order valence-electron chi connectivity index (χ4n) is 2.18. The number of hydrogen-bond donors (Lipinski definition) is 1. The van der Waals surface area contributed by atoms with E-state index >= 15 is 0 Å². The van der Waals surface area contributed by atoms with Crippen LogP contribution in [0.15, 0.2) is 30.3 Å². The second kappa shape index (κ2) is 5.78. The Morgan fingerprint density at radius 1 is 1.22 bits per heavy atom. The predicted octanol–water partition coefficient (Wildman–Crippen LogP) is 1.10. The van der Waals surface area contributed by atoms with Crippen molar-refractivity contribution in [3.63, 3.8) is 0 Å². The van der Waals surface area contributed by atoms with Crippen molar-refractivity contribution in [2.75, 3.05) is 6.54 Å². The maximum atomic E-state index is 11.8. The van der Waals surface area contributed by atoms with Crippen LogP contribution in [0.4, 0.5) is 0 Å². The molecule has 4 nitrogen and oxygen atoms in total. The normalized spacial score (nSPS) is 20.3. The quantitative estimate of drug-likeness (QED) is 0.809. The standard InChI is InChI=1S/C14H18N2O2/c15-12-8-9-13(17)16(14(12)18)10-4-7-11-5-2-1-3-6-11/h1-3,5-6,12H,4,7-10,15H2. The van der Waals surface area contributed by atoms with Crippen molar-refractivity contribution < 1.29 is 9.59 Å². The Hall–Kier alpha value is -1.68. The highest BCUT2D eigenvalue weighted by Crippen LogP contribution is 2.13. The van der Waals surface area contributed by atoms with Crippen molar-refractivity contribution in [2.24, 2.45) is 5.73 Å². The maximum Gasteiger partial charge on any atom is 0.246 e. The highest BCUT2D eigenvalue weighted by Gasteiger charge is 2.31. The van der Waals surface area contributed by atoms with Gasteiger partial charge in [0.15, 0.2) is 0 Å². The van der Waals surface area contributed by atoms with Gasteiger partial charge in [-0.05, 0) is 24.8 Å². The Kier molecular flexibility index (Phi) is 4.10. The number of carbonyl (C=O) groups is 2. The van der Waals surface area contributed by atoms with E-state index in [4.69, 9.17) is 5.73 Å². The first-order valence-electron chi connectivity index (χ1n) is 6.32. The lowest BCUT2D eigenvalue weighted by molar-refractivity contribution is -0.149. The molecule has 1 unspecified atom stereocenters. The fourth-order valence-corrected chi connectivity index (χ4v) is 2.18. The third-order valence-electron chi connectivity index (χ3n) is 3.24. The van der Waals surface area contributed by atoms with E-state index in [1.54, 1.807) is 0 Å². The lowest BCUT2D eigenvalue weighted by Crippen LogP contribution is -2.51. The molecular weight excluding hydrogens is 228 g/mol. The van der Waals surface area contributed by atoms with Crippen LogP contribution in [0.25, 0.3) is 0 Å². The van der Waals surface area contributed by atoms with E-state index in [9.17, 15) is 9.59 Å². The van der Waals surface area contributed by atoms with E-state index in [1.807, 2.05) is 30.3 Å². The molecule has 0 radical (unpaired) electrons. The van der Waals surface area contributed by atoms with Gasteiger partial charge in [0.25, 0.3) is 0 Å². The van der Waals surface area contributed by atoms with Crippen LogP contribution < -0.4 is 5.73 Å². The Morgan fingerprint density at radius 2 is 1.94 bits per heavy atom. The number of rotatable bonds is 4. The van der Waals surface area contributed by atoms with Gasteiger partial charge in [-0.15, -0.1) is 0 Å². The largest absolute Gasteiger partial charge is 0.320 e. The summed E-state index contributed by atoms with van der Waals surface area (Å²) in [7, 11) is 0. The summed E-state index contributed by atoms with van der Waals surface area (Å²) >= 11 is 0. The minimum Gasteiger partial charge on any atom is -0.320 e. The SMILES string of the molecule is NC1CCC(=O)N(CCCc2ccccc2)C1=O. The van der Waals surface area contributed by atoms with Gasteiger partial charge in [-0.3, -0.25) is 14.5 Å². The lowest BCUT2D eigenvalue weighted by Gasteiger charge is -2.28. The zero-order valence-electron chi connectivity index (χ0n) is 10.3. The number of aryl methyl sites for hydroxylation is 1. The van der Waals surface area contributed by atoms with E-state index in [0.717, 1.165) is 12.8 Å². The number of nitrogens with zero attached hydrogens (tertiary/aromatic N) is 1. The predicted molar refractivity (Wildman–Crippen MR) is 68.7 cm³/mol. The van der Waals surface area contributed by atoms with Crippen LogP contribution in [0.1, 0.15) is 24.8 Å². The molecule has 1 heterocycles.